The Labute approximate surface area is 221 Å². The Morgan fingerprint density at radius 1 is 1.08 bits per heavy atom. The van der Waals surface area contributed by atoms with E-state index in [2.05, 4.69) is 25.0 Å². The molecule has 0 aliphatic rings. The Morgan fingerprint density at radius 3 is 2.50 bits per heavy atom. The zero-order valence-corrected chi connectivity index (χ0v) is 22.2. The summed E-state index contributed by atoms with van der Waals surface area (Å²) in [4.78, 5) is 30.9. The molecule has 38 heavy (non-hydrogen) atoms. The van der Waals surface area contributed by atoms with Gasteiger partial charge >= 0.3 is 0 Å². The Balaban J connectivity index is 1.76. The van der Waals surface area contributed by atoms with E-state index in [1.54, 1.807) is 23.0 Å². The van der Waals surface area contributed by atoms with Crippen LogP contribution in [0.15, 0.2) is 76.8 Å². The molecule has 0 N–H and O–H groups in total. The standard InChI is InChI=1S/C31H30N4O3/c1-6-38-29-15-20(4)26(16-25(29)19(2)3)30-33-27-13-9-7-12-24(27)31(37)35(30)32-17-22-18-34(21(5)36)28-14-10-8-11-23(22)28/h7-19H,6H2,1-5H3. The van der Waals surface area contributed by atoms with Crippen molar-refractivity contribution >= 4 is 33.9 Å². The van der Waals surface area contributed by atoms with Gasteiger partial charge in [-0.2, -0.15) is 9.78 Å². The minimum atomic E-state index is -0.267. The van der Waals surface area contributed by atoms with Crippen LogP contribution in [-0.4, -0.2) is 33.0 Å². The summed E-state index contributed by atoms with van der Waals surface area (Å²) in [7, 11) is 0. The summed E-state index contributed by atoms with van der Waals surface area (Å²) in [6.07, 6.45) is 3.37. The summed E-state index contributed by atoms with van der Waals surface area (Å²) >= 11 is 0. The molecule has 7 heteroatoms. The fraction of sp³-hybridized carbons (Fsp3) is 0.226. The molecule has 0 fully saturated rings. The van der Waals surface area contributed by atoms with Crippen LogP contribution in [0.25, 0.3) is 33.2 Å². The van der Waals surface area contributed by atoms with Crippen LogP contribution in [0.3, 0.4) is 0 Å². The number of rotatable bonds is 6. The zero-order valence-electron chi connectivity index (χ0n) is 22.2. The molecule has 0 bridgehead atoms. The first kappa shape index (κ1) is 25.1. The van der Waals surface area contributed by atoms with Crippen molar-refractivity contribution in [2.45, 2.75) is 40.5 Å². The summed E-state index contributed by atoms with van der Waals surface area (Å²) in [6, 6.07) is 19.0. The van der Waals surface area contributed by atoms with Crippen LogP contribution in [0.2, 0.25) is 0 Å². The number of para-hydroxylation sites is 2. The van der Waals surface area contributed by atoms with Crippen LogP contribution in [0, 0.1) is 6.92 Å². The highest BCUT2D eigenvalue weighted by Crippen LogP contribution is 2.34. The van der Waals surface area contributed by atoms with Gasteiger partial charge in [-0.15, -0.1) is 0 Å². The first-order chi connectivity index (χ1) is 18.3. The van der Waals surface area contributed by atoms with Crippen molar-refractivity contribution in [3.8, 4) is 17.1 Å². The molecule has 0 atom stereocenters. The smallest absolute Gasteiger partial charge is 0.282 e. The van der Waals surface area contributed by atoms with Crippen molar-refractivity contribution in [3.05, 3.63) is 93.9 Å². The summed E-state index contributed by atoms with van der Waals surface area (Å²) < 4.78 is 8.86. The maximum atomic E-state index is 13.7. The summed E-state index contributed by atoms with van der Waals surface area (Å²) in [5.41, 5.74) is 4.63. The number of aromatic nitrogens is 3. The topological polar surface area (TPSA) is 78.5 Å². The number of carbonyl (C=O) groups is 1. The number of nitrogens with zero attached hydrogens (tertiary/aromatic N) is 4. The van der Waals surface area contributed by atoms with Crippen molar-refractivity contribution in [3.63, 3.8) is 0 Å². The normalized spacial score (nSPS) is 11.7. The maximum absolute atomic E-state index is 13.7. The van der Waals surface area contributed by atoms with Gasteiger partial charge < -0.3 is 4.74 Å². The highest BCUT2D eigenvalue weighted by Gasteiger charge is 2.19. The van der Waals surface area contributed by atoms with Crippen LogP contribution in [0.4, 0.5) is 0 Å². The van der Waals surface area contributed by atoms with E-state index in [-0.39, 0.29) is 17.4 Å². The fourth-order valence-electron chi connectivity index (χ4n) is 4.77. The molecular formula is C31H30N4O3. The molecule has 0 amide bonds. The van der Waals surface area contributed by atoms with Crippen molar-refractivity contribution in [2.24, 2.45) is 5.10 Å². The number of carbonyl (C=O) groups excluding carboxylic acids is 1. The van der Waals surface area contributed by atoms with E-state index in [9.17, 15) is 9.59 Å². The van der Waals surface area contributed by atoms with Crippen LogP contribution >= 0.6 is 0 Å². The molecular weight excluding hydrogens is 476 g/mol. The fourth-order valence-corrected chi connectivity index (χ4v) is 4.77. The number of fused-ring (bicyclic) bond motifs is 2. The highest BCUT2D eigenvalue weighted by atomic mass is 16.5. The third-order valence-electron chi connectivity index (χ3n) is 6.67. The van der Waals surface area contributed by atoms with Gasteiger partial charge in [-0.25, -0.2) is 4.98 Å². The summed E-state index contributed by atoms with van der Waals surface area (Å²) in [5, 5.41) is 6.01. The van der Waals surface area contributed by atoms with Gasteiger partial charge in [-0.05, 0) is 61.2 Å². The van der Waals surface area contributed by atoms with Crippen LogP contribution in [-0.2, 0) is 0 Å². The van der Waals surface area contributed by atoms with Crippen LogP contribution in [0.1, 0.15) is 55.1 Å². The van der Waals surface area contributed by atoms with Gasteiger partial charge in [0.05, 0.1) is 29.2 Å². The first-order valence-electron chi connectivity index (χ1n) is 12.7. The Hall–Kier alpha value is -4.52. The number of aryl methyl sites for hydroxylation is 1. The molecule has 3 aromatic carbocycles. The minimum absolute atomic E-state index is 0.0997. The third kappa shape index (κ3) is 4.41. The lowest BCUT2D eigenvalue weighted by Crippen LogP contribution is -2.20. The van der Waals surface area contributed by atoms with Gasteiger partial charge in [0.25, 0.3) is 5.56 Å². The van der Waals surface area contributed by atoms with Crippen LogP contribution < -0.4 is 10.3 Å². The van der Waals surface area contributed by atoms with Crippen molar-refractivity contribution in [1.82, 2.24) is 14.2 Å². The van der Waals surface area contributed by atoms with E-state index in [4.69, 9.17) is 9.72 Å². The Bertz CT molecular complexity index is 1780. The lowest BCUT2D eigenvalue weighted by atomic mass is 9.96. The average Bonchev–Trinajstić information content (AvgIpc) is 3.27. The second-order valence-corrected chi connectivity index (χ2v) is 9.60. The summed E-state index contributed by atoms with van der Waals surface area (Å²) in [5.74, 6) is 1.39. The van der Waals surface area contributed by atoms with E-state index in [1.807, 2.05) is 62.4 Å². The quantitative estimate of drug-likeness (QED) is 0.250. The van der Waals surface area contributed by atoms with Gasteiger partial charge in [0.2, 0.25) is 5.91 Å². The van der Waals surface area contributed by atoms with Crippen molar-refractivity contribution in [2.75, 3.05) is 6.61 Å². The Kier molecular flexibility index (Phi) is 6.68. The lowest BCUT2D eigenvalue weighted by Gasteiger charge is -2.18. The largest absolute Gasteiger partial charge is 0.494 e. The van der Waals surface area contributed by atoms with Crippen molar-refractivity contribution in [1.29, 1.82) is 0 Å². The molecule has 2 heterocycles. The molecule has 0 saturated heterocycles. The van der Waals surface area contributed by atoms with E-state index >= 15 is 0 Å². The van der Waals surface area contributed by atoms with Gasteiger partial charge in [0.15, 0.2) is 5.82 Å². The molecule has 0 unspecified atom stereocenters. The molecule has 0 saturated carbocycles. The molecule has 7 nitrogen and oxygen atoms in total. The minimum Gasteiger partial charge on any atom is -0.494 e. The molecule has 0 spiro atoms. The summed E-state index contributed by atoms with van der Waals surface area (Å²) in [6.45, 7) is 10.3. The Morgan fingerprint density at radius 2 is 1.79 bits per heavy atom. The molecule has 2 aromatic heterocycles. The molecule has 5 aromatic rings. The van der Waals surface area contributed by atoms with Crippen molar-refractivity contribution < 1.29 is 9.53 Å². The number of ether oxygens (including phenoxy) is 1. The molecule has 0 radical (unpaired) electrons. The van der Waals surface area contributed by atoms with Gasteiger partial charge in [-0.1, -0.05) is 44.2 Å². The SMILES string of the molecule is CCOc1cc(C)c(-c2nc3ccccc3c(=O)n2N=Cc2cn(C(C)=O)c3ccccc23)cc1C(C)C. The second kappa shape index (κ2) is 10.1. The van der Waals surface area contributed by atoms with Crippen LogP contribution in [0.5, 0.6) is 5.75 Å². The van der Waals surface area contributed by atoms with Gasteiger partial charge in [-0.3, -0.25) is 14.2 Å². The van der Waals surface area contributed by atoms with E-state index in [0.29, 0.717) is 23.3 Å². The van der Waals surface area contributed by atoms with E-state index in [0.717, 1.165) is 38.9 Å². The molecule has 0 aliphatic carbocycles. The van der Waals surface area contributed by atoms with Gasteiger partial charge in [0, 0.05) is 29.6 Å². The predicted molar refractivity (Wildman–Crippen MR) is 153 cm³/mol. The first-order valence-corrected chi connectivity index (χ1v) is 12.7. The van der Waals surface area contributed by atoms with Gasteiger partial charge in [0.1, 0.15) is 5.75 Å². The molecule has 192 valence electrons. The lowest BCUT2D eigenvalue weighted by molar-refractivity contribution is 0.0941. The zero-order chi connectivity index (χ0) is 27.0. The molecule has 5 rings (SSSR count). The second-order valence-electron chi connectivity index (χ2n) is 9.60. The molecule has 0 aliphatic heterocycles. The number of hydrogen-bond donors (Lipinski definition) is 0. The highest BCUT2D eigenvalue weighted by molar-refractivity contribution is 6.03. The maximum Gasteiger partial charge on any atom is 0.282 e. The van der Waals surface area contributed by atoms with E-state index < -0.39 is 0 Å². The number of benzene rings is 3. The third-order valence-corrected chi connectivity index (χ3v) is 6.67. The monoisotopic (exact) mass is 506 g/mol. The van der Waals surface area contributed by atoms with E-state index in [1.165, 1.54) is 11.6 Å². The predicted octanol–water partition coefficient (Wildman–Crippen LogP) is 6.39. The number of hydrogen-bond acceptors (Lipinski definition) is 5. The average molecular weight is 507 g/mol.